The van der Waals surface area contributed by atoms with Crippen molar-refractivity contribution in [2.24, 2.45) is 5.10 Å². The first kappa shape index (κ1) is 14.1. The molecule has 1 aliphatic heterocycles. The Bertz CT molecular complexity index is 583. The minimum Gasteiger partial charge on any atom is -0.322 e. The second-order valence-corrected chi connectivity index (χ2v) is 4.61. The van der Waals surface area contributed by atoms with Gasteiger partial charge in [-0.25, -0.2) is 13.6 Å². The van der Waals surface area contributed by atoms with Gasteiger partial charge >= 0.3 is 6.03 Å². The van der Waals surface area contributed by atoms with E-state index < -0.39 is 34.7 Å². The number of carbonyl (C=O) groups is 2. The first-order valence-corrected chi connectivity index (χ1v) is 6.03. The number of nitrogens with one attached hydrogen (secondary N) is 1. The predicted molar refractivity (Wildman–Crippen MR) is 68.0 cm³/mol. The summed E-state index contributed by atoms with van der Waals surface area (Å²) < 4.78 is 26.8. The molecule has 1 aromatic carbocycles. The van der Waals surface area contributed by atoms with Gasteiger partial charge in [-0.05, 0) is 25.5 Å². The lowest BCUT2D eigenvalue weighted by atomic mass is 10.00. The van der Waals surface area contributed by atoms with Crippen LogP contribution in [0.1, 0.15) is 25.8 Å². The van der Waals surface area contributed by atoms with Gasteiger partial charge in [0.05, 0.1) is 11.8 Å². The van der Waals surface area contributed by atoms with Crippen molar-refractivity contribution in [1.29, 1.82) is 0 Å². The highest BCUT2D eigenvalue weighted by molar-refractivity contribution is 6.07. The molecule has 1 atom stereocenters. The van der Waals surface area contributed by atoms with Gasteiger partial charge in [0.1, 0.15) is 17.2 Å². The Morgan fingerprint density at radius 2 is 1.95 bits per heavy atom. The minimum atomic E-state index is -1.04. The maximum atomic E-state index is 13.4. The SMILES string of the molecule is CCC1(C)NC(=O)N(/N=C/c2c(F)cccc2F)C1=O. The summed E-state index contributed by atoms with van der Waals surface area (Å²) in [6, 6.07) is 2.62. The molecule has 1 fully saturated rings. The number of benzene rings is 1. The molecule has 1 aliphatic rings. The maximum absolute atomic E-state index is 13.4. The Morgan fingerprint density at radius 3 is 2.45 bits per heavy atom. The maximum Gasteiger partial charge on any atom is 0.346 e. The molecule has 0 saturated carbocycles. The highest BCUT2D eigenvalue weighted by Gasteiger charge is 2.46. The highest BCUT2D eigenvalue weighted by atomic mass is 19.1. The normalized spacial score (nSPS) is 22.7. The van der Waals surface area contributed by atoms with Crippen molar-refractivity contribution in [3.05, 3.63) is 35.4 Å². The molecule has 1 N–H and O–H groups in total. The molecular weight excluding hydrogens is 268 g/mol. The van der Waals surface area contributed by atoms with Gasteiger partial charge in [-0.2, -0.15) is 5.10 Å². The van der Waals surface area contributed by atoms with Crippen molar-refractivity contribution in [2.75, 3.05) is 0 Å². The fourth-order valence-corrected chi connectivity index (χ4v) is 1.76. The van der Waals surface area contributed by atoms with Gasteiger partial charge in [0, 0.05) is 0 Å². The summed E-state index contributed by atoms with van der Waals surface area (Å²) in [6.07, 6.45) is 1.21. The van der Waals surface area contributed by atoms with Gasteiger partial charge in [-0.15, -0.1) is 5.01 Å². The topological polar surface area (TPSA) is 61.8 Å². The third-order valence-corrected chi connectivity index (χ3v) is 3.25. The van der Waals surface area contributed by atoms with Crippen LogP contribution >= 0.6 is 0 Å². The summed E-state index contributed by atoms with van der Waals surface area (Å²) in [5.74, 6) is -2.20. The number of carbonyl (C=O) groups excluding carboxylic acids is 2. The fourth-order valence-electron chi connectivity index (χ4n) is 1.76. The summed E-state index contributed by atoms with van der Waals surface area (Å²) in [7, 11) is 0. The number of rotatable bonds is 3. The third kappa shape index (κ3) is 2.26. The van der Waals surface area contributed by atoms with Crippen LogP contribution in [0.4, 0.5) is 13.6 Å². The number of nitrogens with zero attached hydrogens (tertiary/aromatic N) is 2. The van der Waals surface area contributed by atoms with Crippen LogP contribution in [0.3, 0.4) is 0 Å². The highest BCUT2D eigenvalue weighted by Crippen LogP contribution is 2.21. The van der Waals surface area contributed by atoms with Crippen molar-refractivity contribution in [3.8, 4) is 0 Å². The molecule has 0 aliphatic carbocycles. The smallest absolute Gasteiger partial charge is 0.322 e. The molecule has 1 saturated heterocycles. The Hall–Kier alpha value is -2.31. The summed E-state index contributed by atoms with van der Waals surface area (Å²) >= 11 is 0. The Labute approximate surface area is 114 Å². The largest absolute Gasteiger partial charge is 0.346 e. The van der Waals surface area contributed by atoms with Crippen molar-refractivity contribution >= 4 is 18.2 Å². The molecule has 20 heavy (non-hydrogen) atoms. The molecule has 0 spiro atoms. The summed E-state index contributed by atoms with van der Waals surface area (Å²) in [5, 5.41) is 6.65. The van der Waals surface area contributed by atoms with E-state index in [0.29, 0.717) is 11.4 Å². The van der Waals surface area contributed by atoms with Gasteiger partial charge in [-0.1, -0.05) is 13.0 Å². The zero-order valence-electron chi connectivity index (χ0n) is 11.0. The van der Waals surface area contributed by atoms with Crippen molar-refractivity contribution in [2.45, 2.75) is 25.8 Å². The fraction of sp³-hybridized carbons (Fsp3) is 0.308. The molecule has 1 heterocycles. The van der Waals surface area contributed by atoms with Crippen LogP contribution in [-0.2, 0) is 4.79 Å². The second-order valence-electron chi connectivity index (χ2n) is 4.61. The van der Waals surface area contributed by atoms with Crippen molar-refractivity contribution in [3.63, 3.8) is 0 Å². The number of urea groups is 1. The summed E-state index contributed by atoms with van der Waals surface area (Å²) in [4.78, 5) is 23.6. The molecule has 0 radical (unpaired) electrons. The average molecular weight is 281 g/mol. The lowest BCUT2D eigenvalue weighted by Gasteiger charge is -2.17. The number of halogens is 2. The van der Waals surface area contributed by atoms with E-state index in [9.17, 15) is 18.4 Å². The quantitative estimate of drug-likeness (QED) is 0.680. The molecule has 106 valence electrons. The number of hydrogen-bond acceptors (Lipinski definition) is 3. The van der Waals surface area contributed by atoms with Crippen LogP contribution < -0.4 is 5.32 Å². The van der Waals surface area contributed by atoms with Gasteiger partial charge in [0.2, 0.25) is 0 Å². The lowest BCUT2D eigenvalue weighted by Crippen LogP contribution is -2.42. The van der Waals surface area contributed by atoms with Crippen LogP contribution in [0.25, 0.3) is 0 Å². The number of hydrazone groups is 1. The molecule has 2 rings (SSSR count). The molecular formula is C13H13F2N3O2. The predicted octanol–water partition coefficient (Wildman–Crippen LogP) is 2.02. The minimum absolute atomic E-state index is 0.387. The molecule has 5 nitrogen and oxygen atoms in total. The van der Waals surface area contributed by atoms with Crippen molar-refractivity contribution in [1.82, 2.24) is 10.3 Å². The van der Waals surface area contributed by atoms with Crippen LogP contribution in [0.5, 0.6) is 0 Å². The molecule has 1 unspecified atom stereocenters. The molecule has 3 amide bonds. The third-order valence-electron chi connectivity index (χ3n) is 3.25. The zero-order chi connectivity index (χ0) is 14.9. The number of hydrogen-bond donors (Lipinski definition) is 1. The second kappa shape index (κ2) is 4.99. The summed E-state index contributed by atoms with van der Waals surface area (Å²) in [5.41, 5.74) is -1.44. The average Bonchev–Trinajstić information content (AvgIpc) is 2.61. The van der Waals surface area contributed by atoms with Gasteiger partial charge in [0.25, 0.3) is 5.91 Å². The zero-order valence-corrected chi connectivity index (χ0v) is 11.0. The van der Waals surface area contributed by atoms with E-state index in [1.54, 1.807) is 13.8 Å². The molecule has 1 aromatic rings. The van der Waals surface area contributed by atoms with Crippen molar-refractivity contribution < 1.29 is 18.4 Å². The van der Waals surface area contributed by atoms with E-state index in [1.807, 2.05) is 0 Å². The van der Waals surface area contributed by atoms with Gasteiger partial charge in [-0.3, -0.25) is 4.79 Å². The van der Waals surface area contributed by atoms with Crippen LogP contribution in [0, 0.1) is 11.6 Å². The van der Waals surface area contributed by atoms with E-state index in [4.69, 9.17) is 0 Å². The standard InChI is InChI=1S/C13H13F2N3O2/c1-3-13(2)11(19)18(12(20)17-13)16-7-8-9(14)5-4-6-10(8)15/h4-7H,3H2,1-2H3,(H,17,20)/b16-7+. The van der Waals surface area contributed by atoms with E-state index in [-0.39, 0.29) is 0 Å². The van der Waals surface area contributed by atoms with Crippen LogP contribution in [0.15, 0.2) is 23.3 Å². The molecule has 7 heteroatoms. The Kier molecular flexibility index (Phi) is 3.52. The first-order chi connectivity index (χ1) is 9.39. The van der Waals surface area contributed by atoms with E-state index in [1.165, 1.54) is 6.07 Å². The Balaban J connectivity index is 2.29. The molecule has 0 aromatic heterocycles. The van der Waals surface area contributed by atoms with Crippen LogP contribution in [0.2, 0.25) is 0 Å². The van der Waals surface area contributed by atoms with E-state index >= 15 is 0 Å². The molecule has 0 bridgehead atoms. The van der Waals surface area contributed by atoms with E-state index in [2.05, 4.69) is 10.4 Å². The van der Waals surface area contributed by atoms with Gasteiger partial charge in [0.15, 0.2) is 0 Å². The number of amides is 3. The summed E-state index contributed by atoms with van der Waals surface area (Å²) in [6.45, 7) is 3.30. The monoisotopic (exact) mass is 281 g/mol. The van der Waals surface area contributed by atoms with Gasteiger partial charge < -0.3 is 5.32 Å². The first-order valence-electron chi connectivity index (χ1n) is 6.03. The number of imide groups is 1. The Morgan fingerprint density at radius 1 is 1.35 bits per heavy atom. The van der Waals surface area contributed by atoms with E-state index in [0.717, 1.165) is 18.3 Å². The lowest BCUT2D eigenvalue weighted by molar-refractivity contribution is -0.130. The van der Waals surface area contributed by atoms with Crippen LogP contribution in [-0.4, -0.2) is 28.7 Å².